The molecule has 26 heavy (non-hydrogen) atoms. The Morgan fingerprint density at radius 1 is 0.808 bits per heavy atom. The van der Waals surface area contributed by atoms with E-state index in [0.717, 1.165) is 31.6 Å². The fraction of sp³-hybridized carbons (Fsp3) is 0. The number of rotatable bonds is 3. The molecule has 124 valence electrons. The van der Waals surface area contributed by atoms with Crippen molar-refractivity contribution in [1.29, 1.82) is 0 Å². The predicted molar refractivity (Wildman–Crippen MR) is 105 cm³/mol. The van der Waals surface area contributed by atoms with Gasteiger partial charge < -0.3 is 4.74 Å². The summed E-state index contributed by atoms with van der Waals surface area (Å²) in [6.07, 6.45) is 3.31. The van der Waals surface area contributed by atoms with Gasteiger partial charge in [0, 0.05) is 16.5 Å². The zero-order chi connectivity index (χ0) is 17.3. The average molecular weight is 355 g/mol. The highest BCUT2D eigenvalue weighted by Crippen LogP contribution is 2.37. The SMILES string of the molecule is c1ccc(-c2cc3c(Oc4cccc5cccnc45)ncnc3s2)cc1. The quantitative estimate of drug-likeness (QED) is 0.416. The molecule has 0 aliphatic heterocycles. The molecule has 0 amide bonds. The molecule has 3 aromatic heterocycles. The Morgan fingerprint density at radius 3 is 2.62 bits per heavy atom. The van der Waals surface area contributed by atoms with Gasteiger partial charge in [-0.05, 0) is 23.8 Å². The molecule has 2 aromatic carbocycles. The van der Waals surface area contributed by atoms with Crippen LogP contribution in [0.25, 0.3) is 31.6 Å². The van der Waals surface area contributed by atoms with Gasteiger partial charge in [0.2, 0.25) is 5.88 Å². The number of pyridine rings is 1. The maximum absolute atomic E-state index is 6.15. The van der Waals surface area contributed by atoms with Crippen LogP contribution in [-0.2, 0) is 0 Å². The van der Waals surface area contributed by atoms with Crippen LogP contribution in [-0.4, -0.2) is 15.0 Å². The van der Waals surface area contributed by atoms with Gasteiger partial charge in [0.25, 0.3) is 0 Å². The van der Waals surface area contributed by atoms with Crippen LogP contribution in [0.3, 0.4) is 0 Å². The van der Waals surface area contributed by atoms with Gasteiger partial charge in [-0.1, -0.05) is 48.5 Å². The molecule has 0 unspecified atom stereocenters. The highest BCUT2D eigenvalue weighted by molar-refractivity contribution is 7.21. The number of aromatic nitrogens is 3. The van der Waals surface area contributed by atoms with Crippen LogP contribution in [0.2, 0.25) is 0 Å². The van der Waals surface area contributed by atoms with E-state index in [0.29, 0.717) is 11.6 Å². The lowest BCUT2D eigenvalue weighted by molar-refractivity contribution is 0.472. The van der Waals surface area contributed by atoms with Gasteiger partial charge in [0.05, 0.1) is 5.39 Å². The highest BCUT2D eigenvalue weighted by Gasteiger charge is 2.13. The summed E-state index contributed by atoms with van der Waals surface area (Å²) in [7, 11) is 0. The van der Waals surface area contributed by atoms with E-state index >= 15 is 0 Å². The van der Waals surface area contributed by atoms with Gasteiger partial charge >= 0.3 is 0 Å². The zero-order valence-corrected chi connectivity index (χ0v) is 14.5. The summed E-state index contributed by atoms with van der Waals surface area (Å²) in [6, 6.07) is 22.2. The number of thiophene rings is 1. The second-order valence-electron chi connectivity index (χ2n) is 5.81. The molecule has 0 bridgehead atoms. The third kappa shape index (κ3) is 2.59. The van der Waals surface area contributed by atoms with E-state index in [1.165, 1.54) is 0 Å². The first-order valence-corrected chi connectivity index (χ1v) is 9.02. The molecule has 0 spiro atoms. The number of para-hydroxylation sites is 1. The minimum atomic E-state index is 0.548. The number of hydrogen-bond acceptors (Lipinski definition) is 5. The molecule has 5 heteroatoms. The smallest absolute Gasteiger partial charge is 0.231 e. The van der Waals surface area contributed by atoms with Crippen LogP contribution >= 0.6 is 11.3 Å². The van der Waals surface area contributed by atoms with Crippen molar-refractivity contribution >= 4 is 32.5 Å². The van der Waals surface area contributed by atoms with E-state index in [9.17, 15) is 0 Å². The van der Waals surface area contributed by atoms with Gasteiger partial charge in [-0.25, -0.2) is 9.97 Å². The van der Waals surface area contributed by atoms with E-state index in [1.807, 2.05) is 48.5 Å². The Kier molecular flexibility index (Phi) is 3.57. The number of hydrogen-bond donors (Lipinski definition) is 0. The van der Waals surface area contributed by atoms with E-state index in [2.05, 4.69) is 33.2 Å². The van der Waals surface area contributed by atoms with Crippen molar-refractivity contribution in [1.82, 2.24) is 15.0 Å². The fourth-order valence-electron chi connectivity index (χ4n) is 2.92. The molecule has 0 aliphatic rings. The first kappa shape index (κ1) is 15.0. The van der Waals surface area contributed by atoms with Crippen molar-refractivity contribution in [2.24, 2.45) is 0 Å². The number of nitrogens with zero attached hydrogens (tertiary/aromatic N) is 3. The molecular weight excluding hydrogens is 342 g/mol. The molecule has 4 nitrogen and oxygen atoms in total. The molecule has 0 aliphatic carbocycles. The van der Waals surface area contributed by atoms with E-state index in [-0.39, 0.29) is 0 Å². The monoisotopic (exact) mass is 355 g/mol. The first-order valence-electron chi connectivity index (χ1n) is 8.20. The fourth-order valence-corrected chi connectivity index (χ4v) is 3.92. The van der Waals surface area contributed by atoms with Crippen molar-refractivity contribution in [3.63, 3.8) is 0 Å². The number of ether oxygens (including phenoxy) is 1. The molecule has 0 N–H and O–H groups in total. The van der Waals surface area contributed by atoms with Gasteiger partial charge in [0.1, 0.15) is 16.7 Å². The van der Waals surface area contributed by atoms with Gasteiger partial charge in [0.15, 0.2) is 5.75 Å². The second kappa shape index (κ2) is 6.20. The molecule has 5 aromatic rings. The summed E-state index contributed by atoms with van der Waals surface area (Å²) in [6.45, 7) is 0. The van der Waals surface area contributed by atoms with Crippen LogP contribution in [0.15, 0.2) is 79.3 Å². The Morgan fingerprint density at radius 2 is 1.69 bits per heavy atom. The van der Waals surface area contributed by atoms with E-state index in [1.54, 1.807) is 23.9 Å². The summed E-state index contributed by atoms with van der Waals surface area (Å²) in [4.78, 5) is 15.3. The van der Waals surface area contributed by atoms with E-state index in [4.69, 9.17) is 4.74 Å². The average Bonchev–Trinajstić information content (AvgIpc) is 3.14. The lowest BCUT2D eigenvalue weighted by atomic mass is 10.2. The summed E-state index contributed by atoms with van der Waals surface area (Å²) in [5.74, 6) is 1.24. The summed E-state index contributed by atoms with van der Waals surface area (Å²) < 4.78 is 6.15. The molecule has 0 atom stereocenters. The van der Waals surface area contributed by atoms with Gasteiger partial charge in [-0.3, -0.25) is 4.98 Å². The third-order valence-corrected chi connectivity index (χ3v) is 5.25. The maximum Gasteiger partial charge on any atom is 0.231 e. The largest absolute Gasteiger partial charge is 0.436 e. The topological polar surface area (TPSA) is 47.9 Å². The lowest BCUT2D eigenvalue weighted by Gasteiger charge is -2.07. The maximum atomic E-state index is 6.15. The Labute approximate surface area is 153 Å². The zero-order valence-electron chi connectivity index (χ0n) is 13.7. The molecule has 5 rings (SSSR count). The van der Waals surface area contributed by atoms with Crippen molar-refractivity contribution in [3.05, 3.63) is 79.3 Å². The third-order valence-electron chi connectivity index (χ3n) is 4.15. The number of benzene rings is 2. The predicted octanol–water partition coefficient (Wildman–Crippen LogP) is 5.70. The molecule has 0 radical (unpaired) electrons. The number of fused-ring (bicyclic) bond motifs is 2. The van der Waals surface area contributed by atoms with Crippen molar-refractivity contribution < 1.29 is 4.74 Å². The summed E-state index contributed by atoms with van der Waals surface area (Å²) >= 11 is 1.63. The van der Waals surface area contributed by atoms with Crippen LogP contribution < -0.4 is 4.74 Å². The van der Waals surface area contributed by atoms with Crippen LogP contribution in [0.1, 0.15) is 0 Å². The molecular formula is C21H13N3OS. The van der Waals surface area contributed by atoms with E-state index < -0.39 is 0 Å². The molecule has 0 saturated carbocycles. The highest BCUT2D eigenvalue weighted by atomic mass is 32.1. The van der Waals surface area contributed by atoms with Crippen molar-refractivity contribution in [2.75, 3.05) is 0 Å². The minimum Gasteiger partial charge on any atom is -0.436 e. The lowest BCUT2D eigenvalue weighted by Crippen LogP contribution is -1.91. The Bertz CT molecular complexity index is 1210. The second-order valence-corrected chi connectivity index (χ2v) is 6.84. The van der Waals surface area contributed by atoms with Gasteiger partial charge in [-0.15, -0.1) is 11.3 Å². The van der Waals surface area contributed by atoms with Crippen LogP contribution in [0, 0.1) is 0 Å². The van der Waals surface area contributed by atoms with Crippen LogP contribution in [0.5, 0.6) is 11.6 Å². The summed E-state index contributed by atoms with van der Waals surface area (Å²) in [5, 5.41) is 1.94. The normalized spacial score (nSPS) is 11.1. The minimum absolute atomic E-state index is 0.548. The molecule has 0 fully saturated rings. The summed E-state index contributed by atoms with van der Waals surface area (Å²) in [5.41, 5.74) is 1.98. The van der Waals surface area contributed by atoms with Crippen molar-refractivity contribution in [2.45, 2.75) is 0 Å². The molecule has 3 heterocycles. The standard InChI is InChI=1S/C21H13N3OS/c1-2-6-14(7-3-1)18-12-16-20(23-13-24-21(16)26-18)25-17-10-4-8-15-9-5-11-22-19(15)17/h1-13H. The Hall–Kier alpha value is -3.31. The van der Waals surface area contributed by atoms with Gasteiger partial charge in [-0.2, -0.15) is 0 Å². The van der Waals surface area contributed by atoms with Crippen LogP contribution in [0.4, 0.5) is 0 Å². The first-order chi connectivity index (χ1) is 12.9. The molecule has 0 saturated heterocycles. The van der Waals surface area contributed by atoms with Crippen molar-refractivity contribution in [3.8, 4) is 22.1 Å². The Balaban J connectivity index is 1.62.